The van der Waals surface area contributed by atoms with Crippen LogP contribution in [-0.4, -0.2) is 18.8 Å². The van der Waals surface area contributed by atoms with Crippen LogP contribution in [0, 0.1) is 6.92 Å². The fourth-order valence-corrected chi connectivity index (χ4v) is 1.28. The zero-order chi connectivity index (χ0) is 11.8. The van der Waals surface area contributed by atoms with Gasteiger partial charge >= 0.3 is 12.1 Å². The Hall–Kier alpha value is -1.72. The quantitative estimate of drug-likeness (QED) is 0.740. The van der Waals surface area contributed by atoms with Crippen molar-refractivity contribution in [2.75, 3.05) is 11.7 Å². The molecule has 0 amide bonds. The van der Waals surface area contributed by atoms with Gasteiger partial charge in [-0.15, -0.1) is 5.10 Å². The molecule has 0 N–H and O–H groups in total. The van der Waals surface area contributed by atoms with Crippen LogP contribution >= 0.6 is 0 Å². The maximum Gasteiger partial charge on any atom is 0.470 e. The van der Waals surface area contributed by atoms with E-state index in [2.05, 4.69) is 9.84 Å². The number of halogens is 3. The average molecular weight is 230 g/mol. The molecule has 1 aliphatic heterocycles. The van der Waals surface area contributed by atoms with Crippen molar-refractivity contribution < 1.29 is 17.9 Å². The first-order valence-corrected chi connectivity index (χ1v) is 4.59. The summed E-state index contributed by atoms with van der Waals surface area (Å²) in [5.41, 5.74) is 1.61. The summed E-state index contributed by atoms with van der Waals surface area (Å²) in [5.74, 6) is -1.20. The lowest BCUT2D eigenvalue weighted by Gasteiger charge is -2.10. The minimum Gasteiger partial charge on any atom is -0.450 e. The zero-order valence-electron chi connectivity index (χ0n) is 8.45. The molecule has 0 saturated heterocycles. The molecule has 3 nitrogen and oxygen atoms in total. The van der Waals surface area contributed by atoms with Crippen LogP contribution in [0.4, 0.5) is 18.9 Å². The number of hydrazone groups is 1. The third kappa shape index (κ3) is 2.10. The normalized spacial score (nSPS) is 16.0. The number of hydrogen-bond acceptors (Lipinski definition) is 3. The molecule has 1 aromatic rings. The first kappa shape index (κ1) is 10.8. The van der Waals surface area contributed by atoms with Crippen molar-refractivity contribution >= 4 is 11.6 Å². The highest BCUT2D eigenvalue weighted by Gasteiger charge is 2.42. The minimum atomic E-state index is -4.53. The van der Waals surface area contributed by atoms with E-state index in [0.29, 0.717) is 5.69 Å². The highest BCUT2D eigenvalue weighted by atomic mass is 19.4. The van der Waals surface area contributed by atoms with Crippen molar-refractivity contribution in [3.8, 4) is 0 Å². The summed E-state index contributed by atoms with van der Waals surface area (Å²) in [6, 6.07) is 7.00. The van der Waals surface area contributed by atoms with Crippen molar-refractivity contribution in [1.29, 1.82) is 0 Å². The van der Waals surface area contributed by atoms with E-state index in [0.717, 1.165) is 5.56 Å². The number of anilines is 1. The Bertz CT molecular complexity index is 411. The second-order valence-corrected chi connectivity index (χ2v) is 3.41. The smallest absolute Gasteiger partial charge is 0.450 e. The Morgan fingerprint density at radius 2 is 1.88 bits per heavy atom. The number of ether oxygens (including phenoxy) is 1. The van der Waals surface area contributed by atoms with Gasteiger partial charge in [0.25, 0.3) is 0 Å². The van der Waals surface area contributed by atoms with Gasteiger partial charge in [-0.25, -0.2) is 5.01 Å². The Morgan fingerprint density at radius 3 is 2.38 bits per heavy atom. The van der Waals surface area contributed by atoms with Gasteiger partial charge in [-0.1, -0.05) is 17.7 Å². The highest BCUT2D eigenvalue weighted by molar-refractivity contribution is 5.84. The molecule has 86 valence electrons. The van der Waals surface area contributed by atoms with Crippen LogP contribution in [0.2, 0.25) is 0 Å². The molecule has 6 heteroatoms. The highest BCUT2D eigenvalue weighted by Crippen LogP contribution is 2.25. The van der Waals surface area contributed by atoms with E-state index in [1.807, 2.05) is 6.92 Å². The Morgan fingerprint density at radius 1 is 1.25 bits per heavy atom. The SMILES string of the molecule is Cc1ccc(N2COC(C(F)(F)F)=N2)cc1. The largest absolute Gasteiger partial charge is 0.470 e. The van der Waals surface area contributed by atoms with Gasteiger partial charge in [-0.3, -0.25) is 0 Å². The van der Waals surface area contributed by atoms with Crippen LogP contribution in [0.5, 0.6) is 0 Å². The van der Waals surface area contributed by atoms with E-state index in [4.69, 9.17) is 0 Å². The van der Waals surface area contributed by atoms with Crippen molar-refractivity contribution in [1.82, 2.24) is 0 Å². The van der Waals surface area contributed by atoms with Crippen LogP contribution in [0.3, 0.4) is 0 Å². The average Bonchev–Trinajstić information content (AvgIpc) is 2.67. The van der Waals surface area contributed by atoms with Crippen molar-refractivity contribution in [2.45, 2.75) is 13.1 Å². The van der Waals surface area contributed by atoms with E-state index in [1.165, 1.54) is 5.01 Å². The summed E-state index contributed by atoms with van der Waals surface area (Å²) in [4.78, 5) is 0. The molecule has 1 aromatic carbocycles. The number of rotatable bonds is 1. The van der Waals surface area contributed by atoms with Gasteiger partial charge in [0.1, 0.15) is 0 Å². The third-order valence-electron chi connectivity index (χ3n) is 2.11. The first-order chi connectivity index (χ1) is 7.47. The minimum absolute atomic E-state index is 0.210. The molecule has 16 heavy (non-hydrogen) atoms. The summed E-state index contributed by atoms with van der Waals surface area (Å²) in [6.45, 7) is 1.69. The second kappa shape index (κ2) is 3.70. The maximum atomic E-state index is 12.2. The lowest BCUT2D eigenvalue weighted by molar-refractivity contribution is -0.0752. The third-order valence-corrected chi connectivity index (χ3v) is 2.11. The second-order valence-electron chi connectivity index (χ2n) is 3.41. The Labute approximate surface area is 90.1 Å². The first-order valence-electron chi connectivity index (χ1n) is 4.59. The summed E-state index contributed by atoms with van der Waals surface area (Å²) >= 11 is 0. The molecule has 2 rings (SSSR count). The van der Waals surface area contributed by atoms with E-state index < -0.39 is 12.1 Å². The van der Waals surface area contributed by atoms with Crippen molar-refractivity contribution in [3.05, 3.63) is 29.8 Å². The molecule has 0 saturated carbocycles. The van der Waals surface area contributed by atoms with Gasteiger partial charge in [0.15, 0.2) is 6.73 Å². The molecule has 1 heterocycles. The number of aryl methyl sites for hydroxylation is 1. The summed E-state index contributed by atoms with van der Waals surface area (Å²) in [7, 11) is 0. The Balaban J connectivity index is 2.20. The monoisotopic (exact) mass is 230 g/mol. The van der Waals surface area contributed by atoms with E-state index in [1.54, 1.807) is 24.3 Å². The number of nitrogens with zero attached hydrogens (tertiary/aromatic N) is 2. The van der Waals surface area contributed by atoms with Crippen LogP contribution in [-0.2, 0) is 4.74 Å². The predicted octanol–water partition coefficient (Wildman–Crippen LogP) is 2.66. The van der Waals surface area contributed by atoms with Crippen LogP contribution in [0.1, 0.15) is 5.56 Å². The van der Waals surface area contributed by atoms with Crippen LogP contribution in [0.15, 0.2) is 29.4 Å². The summed E-state index contributed by atoms with van der Waals surface area (Å²) < 4.78 is 41.2. The summed E-state index contributed by atoms with van der Waals surface area (Å²) in [6.07, 6.45) is -4.53. The zero-order valence-corrected chi connectivity index (χ0v) is 8.45. The molecule has 0 fully saturated rings. The molecule has 0 bridgehead atoms. The molecular weight excluding hydrogens is 221 g/mol. The van der Waals surface area contributed by atoms with Gasteiger partial charge in [0, 0.05) is 0 Å². The van der Waals surface area contributed by atoms with E-state index in [9.17, 15) is 13.2 Å². The molecule has 0 aliphatic carbocycles. The van der Waals surface area contributed by atoms with Gasteiger partial charge in [0.2, 0.25) is 0 Å². The molecule has 0 aromatic heterocycles. The fraction of sp³-hybridized carbons (Fsp3) is 0.300. The van der Waals surface area contributed by atoms with E-state index >= 15 is 0 Å². The number of hydrogen-bond donors (Lipinski definition) is 0. The number of benzene rings is 1. The predicted molar refractivity (Wildman–Crippen MR) is 53.1 cm³/mol. The molecule has 1 aliphatic rings. The molecule has 0 radical (unpaired) electrons. The van der Waals surface area contributed by atoms with Gasteiger partial charge < -0.3 is 4.74 Å². The number of alkyl halides is 3. The Kier molecular flexibility index (Phi) is 2.49. The molecule has 0 unspecified atom stereocenters. The summed E-state index contributed by atoms with van der Waals surface area (Å²) in [5, 5.41) is 4.53. The van der Waals surface area contributed by atoms with E-state index in [-0.39, 0.29) is 6.73 Å². The van der Waals surface area contributed by atoms with Crippen LogP contribution in [0.25, 0.3) is 0 Å². The van der Waals surface area contributed by atoms with Gasteiger partial charge in [0.05, 0.1) is 5.69 Å². The van der Waals surface area contributed by atoms with Crippen molar-refractivity contribution in [3.63, 3.8) is 0 Å². The lowest BCUT2D eigenvalue weighted by atomic mass is 10.2. The molecule has 0 atom stereocenters. The van der Waals surface area contributed by atoms with Gasteiger partial charge in [-0.05, 0) is 19.1 Å². The fourth-order valence-electron chi connectivity index (χ4n) is 1.28. The van der Waals surface area contributed by atoms with Crippen LogP contribution < -0.4 is 5.01 Å². The van der Waals surface area contributed by atoms with Crippen molar-refractivity contribution in [2.24, 2.45) is 5.10 Å². The lowest BCUT2D eigenvalue weighted by Crippen LogP contribution is -2.22. The molecule has 0 spiro atoms. The molecular formula is C10H9F3N2O. The maximum absolute atomic E-state index is 12.2. The standard InChI is InChI=1S/C10H9F3N2O/c1-7-2-4-8(5-3-7)15-6-16-9(14-15)10(11,12)13/h2-5H,6H2,1H3. The van der Waals surface area contributed by atoms with Gasteiger partial charge in [-0.2, -0.15) is 13.2 Å². The topological polar surface area (TPSA) is 24.8 Å².